The number of thiophene rings is 1. The van der Waals surface area contributed by atoms with Crippen molar-refractivity contribution in [2.24, 2.45) is 4.99 Å². The molecule has 2 rings (SSSR count). The van der Waals surface area contributed by atoms with Gasteiger partial charge in [0, 0.05) is 31.7 Å². The van der Waals surface area contributed by atoms with Crippen LogP contribution in [0.1, 0.15) is 54.6 Å². The van der Waals surface area contributed by atoms with E-state index in [-0.39, 0.29) is 35.9 Å². The van der Waals surface area contributed by atoms with Gasteiger partial charge in [-0.3, -0.25) is 9.79 Å². The van der Waals surface area contributed by atoms with Crippen molar-refractivity contribution >= 4 is 47.2 Å². The van der Waals surface area contributed by atoms with Gasteiger partial charge < -0.3 is 16.0 Å². The van der Waals surface area contributed by atoms with Crippen LogP contribution >= 0.6 is 35.3 Å². The van der Waals surface area contributed by atoms with E-state index in [1.807, 2.05) is 31.2 Å². The van der Waals surface area contributed by atoms with E-state index in [0.29, 0.717) is 18.0 Å². The number of nitrogens with one attached hydrogen (secondary N) is 3. The molecule has 154 valence electrons. The molecule has 0 bridgehead atoms. The molecular weight excluding hydrogens is 483 g/mol. The number of carbonyl (C=O) groups excluding carboxylic acids is 1. The zero-order valence-electron chi connectivity index (χ0n) is 17.0. The minimum absolute atomic E-state index is 0. The van der Waals surface area contributed by atoms with Crippen molar-refractivity contribution in [3.63, 3.8) is 0 Å². The predicted octanol–water partition coefficient (Wildman–Crippen LogP) is 4.36. The highest BCUT2D eigenvalue weighted by atomic mass is 127. The maximum Gasteiger partial charge on any atom is 0.251 e. The first-order valence-electron chi connectivity index (χ1n) is 9.39. The molecule has 1 amide bonds. The van der Waals surface area contributed by atoms with Gasteiger partial charge >= 0.3 is 0 Å². The number of guanidine groups is 1. The van der Waals surface area contributed by atoms with E-state index in [9.17, 15) is 4.79 Å². The fourth-order valence-corrected chi connectivity index (χ4v) is 3.34. The number of rotatable bonds is 8. The van der Waals surface area contributed by atoms with Gasteiger partial charge in [-0.05, 0) is 59.3 Å². The molecule has 2 aromatic rings. The summed E-state index contributed by atoms with van der Waals surface area (Å²) in [5, 5.41) is 14.0. The third-order valence-electron chi connectivity index (χ3n) is 4.55. The first-order valence-corrected chi connectivity index (χ1v) is 10.3. The SMILES string of the molecule is CCC(C)NC(=O)c1cccc(CNC(=NC)NCC(C)c2ccsc2)c1.I. The van der Waals surface area contributed by atoms with Gasteiger partial charge in [-0.25, -0.2) is 0 Å². The fraction of sp³-hybridized carbons (Fsp3) is 0.429. The molecule has 1 aromatic carbocycles. The molecule has 1 heterocycles. The Morgan fingerprint density at radius 2 is 2.00 bits per heavy atom. The van der Waals surface area contributed by atoms with Crippen molar-refractivity contribution in [3.05, 3.63) is 57.8 Å². The number of amides is 1. The second kappa shape index (κ2) is 12.8. The van der Waals surface area contributed by atoms with Gasteiger partial charge in [0.2, 0.25) is 0 Å². The molecule has 28 heavy (non-hydrogen) atoms. The molecule has 0 saturated heterocycles. The Bertz CT molecular complexity index is 749. The number of hydrogen-bond acceptors (Lipinski definition) is 3. The molecule has 0 spiro atoms. The van der Waals surface area contributed by atoms with E-state index in [0.717, 1.165) is 24.5 Å². The number of carbonyl (C=O) groups is 1. The van der Waals surface area contributed by atoms with Gasteiger partial charge in [-0.1, -0.05) is 26.0 Å². The summed E-state index contributed by atoms with van der Waals surface area (Å²) in [6.07, 6.45) is 0.915. The summed E-state index contributed by atoms with van der Waals surface area (Å²) in [5.41, 5.74) is 3.06. The van der Waals surface area contributed by atoms with E-state index in [2.05, 4.69) is 51.6 Å². The maximum absolute atomic E-state index is 12.3. The monoisotopic (exact) mass is 514 g/mol. The highest BCUT2D eigenvalue weighted by molar-refractivity contribution is 14.0. The lowest BCUT2D eigenvalue weighted by Gasteiger charge is -2.16. The number of aliphatic imine (C=N–C) groups is 1. The van der Waals surface area contributed by atoms with Crippen LogP contribution in [0.3, 0.4) is 0 Å². The second-order valence-electron chi connectivity index (χ2n) is 6.75. The first kappa shape index (κ1) is 24.4. The molecule has 0 aliphatic heterocycles. The lowest BCUT2D eigenvalue weighted by molar-refractivity contribution is 0.0939. The molecule has 0 saturated carbocycles. The Kier molecular flexibility index (Phi) is 11.1. The lowest BCUT2D eigenvalue weighted by Crippen LogP contribution is -2.38. The fourth-order valence-electron chi connectivity index (χ4n) is 2.56. The van der Waals surface area contributed by atoms with Gasteiger partial charge in [0.15, 0.2) is 5.96 Å². The van der Waals surface area contributed by atoms with Crippen LogP contribution in [0.5, 0.6) is 0 Å². The Hall–Kier alpha value is -1.61. The minimum atomic E-state index is -0.0294. The lowest BCUT2D eigenvalue weighted by atomic mass is 10.1. The van der Waals surface area contributed by atoms with Crippen molar-refractivity contribution in [2.45, 2.75) is 45.7 Å². The zero-order valence-corrected chi connectivity index (χ0v) is 20.1. The molecule has 0 aliphatic rings. The molecule has 0 fully saturated rings. The Morgan fingerprint density at radius 3 is 2.64 bits per heavy atom. The predicted molar refractivity (Wildman–Crippen MR) is 130 cm³/mol. The normalized spacial score (nSPS) is 13.2. The van der Waals surface area contributed by atoms with Gasteiger partial charge in [0.05, 0.1) is 0 Å². The van der Waals surface area contributed by atoms with Gasteiger partial charge in [0.25, 0.3) is 5.91 Å². The number of hydrogen-bond donors (Lipinski definition) is 3. The summed E-state index contributed by atoms with van der Waals surface area (Å²) in [6, 6.07) is 10.0. The maximum atomic E-state index is 12.3. The number of benzene rings is 1. The molecule has 0 radical (unpaired) electrons. The van der Waals surface area contributed by atoms with Crippen LogP contribution in [-0.2, 0) is 6.54 Å². The van der Waals surface area contributed by atoms with Crippen LogP contribution in [0.25, 0.3) is 0 Å². The quantitative estimate of drug-likeness (QED) is 0.279. The minimum Gasteiger partial charge on any atom is -0.356 e. The van der Waals surface area contributed by atoms with Crippen LogP contribution in [0.4, 0.5) is 0 Å². The summed E-state index contributed by atoms with van der Waals surface area (Å²) in [4.78, 5) is 16.6. The van der Waals surface area contributed by atoms with Crippen molar-refractivity contribution in [1.29, 1.82) is 0 Å². The van der Waals surface area contributed by atoms with Crippen LogP contribution in [0.2, 0.25) is 0 Å². The standard InChI is InChI=1S/C21H30N4OS.HI/c1-5-16(3)25-20(26)18-8-6-7-17(11-18)13-24-21(22-4)23-12-15(2)19-9-10-27-14-19;/h6-11,14-16H,5,12-13H2,1-4H3,(H,25,26)(H2,22,23,24);1H. The third-order valence-corrected chi connectivity index (χ3v) is 5.25. The molecule has 7 heteroatoms. The highest BCUT2D eigenvalue weighted by Crippen LogP contribution is 2.17. The van der Waals surface area contributed by atoms with E-state index in [4.69, 9.17) is 0 Å². The van der Waals surface area contributed by atoms with E-state index in [1.54, 1.807) is 18.4 Å². The van der Waals surface area contributed by atoms with Gasteiger partial charge in [-0.2, -0.15) is 11.3 Å². The Morgan fingerprint density at radius 1 is 1.21 bits per heavy atom. The third kappa shape index (κ3) is 7.79. The van der Waals surface area contributed by atoms with E-state index >= 15 is 0 Å². The zero-order chi connectivity index (χ0) is 19.6. The summed E-state index contributed by atoms with van der Waals surface area (Å²) in [6.45, 7) is 7.69. The van der Waals surface area contributed by atoms with E-state index < -0.39 is 0 Å². The van der Waals surface area contributed by atoms with Gasteiger partial charge in [0.1, 0.15) is 0 Å². The van der Waals surface area contributed by atoms with Crippen LogP contribution in [0, 0.1) is 0 Å². The average Bonchev–Trinajstić information content (AvgIpc) is 3.23. The van der Waals surface area contributed by atoms with Gasteiger partial charge in [-0.15, -0.1) is 24.0 Å². The summed E-state index contributed by atoms with van der Waals surface area (Å²) in [5.74, 6) is 1.15. The van der Waals surface area contributed by atoms with Crippen molar-refractivity contribution in [2.75, 3.05) is 13.6 Å². The molecule has 2 atom stereocenters. The number of halogens is 1. The van der Waals surface area contributed by atoms with Crippen LogP contribution < -0.4 is 16.0 Å². The average molecular weight is 514 g/mol. The molecule has 0 aliphatic carbocycles. The number of nitrogens with zero attached hydrogens (tertiary/aromatic N) is 1. The van der Waals surface area contributed by atoms with Crippen LogP contribution in [0.15, 0.2) is 46.1 Å². The Balaban J connectivity index is 0.00000392. The van der Waals surface area contributed by atoms with Crippen molar-refractivity contribution in [1.82, 2.24) is 16.0 Å². The van der Waals surface area contributed by atoms with Crippen molar-refractivity contribution in [3.8, 4) is 0 Å². The molecular formula is C21H31IN4OS. The second-order valence-corrected chi connectivity index (χ2v) is 7.53. The molecule has 2 unspecified atom stereocenters. The molecule has 1 aromatic heterocycles. The smallest absolute Gasteiger partial charge is 0.251 e. The first-order chi connectivity index (χ1) is 13.0. The summed E-state index contributed by atoms with van der Waals surface area (Å²) < 4.78 is 0. The van der Waals surface area contributed by atoms with Crippen LogP contribution in [-0.4, -0.2) is 31.5 Å². The highest BCUT2D eigenvalue weighted by Gasteiger charge is 2.10. The largest absolute Gasteiger partial charge is 0.356 e. The Labute approximate surface area is 189 Å². The molecule has 5 nitrogen and oxygen atoms in total. The summed E-state index contributed by atoms with van der Waals surface area (Å²) >= 11 is 1.72. The molecule has 3 N–H and O–H groups in total. The van der Waals surface area contributed by atoms with Crippen molar-refractivity contribution < 1.29 is 4.79 Å². The van der Waals surface area contributed by atoms with E-state index in [1.165, 1.54) is 5.56 Å². The topological polar surface area (TPSA) is 65.5 Å². The summed E-state index contributed by atoms with van der Waals surface area (Å²) in [7, 11) is 1.76.